The summed E-state index contributed by atoms with van der Waals surface area (Å²) in [5, 5.41) is 1.44. The van der Waals surface area contributed by atoms with Crippen LogP contribution in [0.25, 0.3) is 11.1 Å². The van der Waals surface area contributed by atoms with E-state index in [1.54, 1.807) is 19.2 Å². The van der Waals surface area contributed by atoms with Gasteiger partial charge in [-0.25, -0.2) is 23.7 Å². The fourth-order valence-corrected chi connectivity index (χ4v) is 4.49. The number of aliphatic imine (C=N–C) groups is 1. The third-order valence-corrected chi connectivity index (χ3v) is 5.98. The summed E-state index contributed by atoms with van der Waals surface area (Å²) in [7, 11) is 1.70. The zero-order chi connectivity index (χ0) is 20.9. The Hall–Kier alpha value is -2.71. The van der Waals surface area contributed by atoms with Crippen molar-refractivity contribution in [3.8, 4) is 16.9 Å². The van der Waals surface area contributed by atoms with Gasteiger partial charge in [0.2, 0.25) is 11.7 Å². The van der Waals surface area contributed by atoms with Gasteiger partial charge in [-0.15, -0.1) is 0 Å². The van der Waals surface area contributed by atoms with Gasteiger partial charge in [-0.05, 0) is 48.2 Å². The molecule has 158 valence electrons. The molecule has 0 bridgehead atoms. The molecule has 30 heavy (non-hydrogen) atoms. The maximum atomic E-state index is 13.8. The smallest absolute Gasteiger partial charge is 0.221 e. The normalized spacial score (nSPS) is 28.2. The molecule has 8 heteroatoms. The van der Waals surface area contributed by atoms with Crippen molar-refractivity contribution in [3.05, 3.63) is 53.6 Å². The van der Waals surface area contributed by atoms with Crippen LogP contribution in [0.1, 0.15) is 24.8 Å². The number of benzene rings is 2. The fourth-order valence-electron chi connectivity index (χ4n) is 4.49. The molecule has 2 aromatic rings. The van der Waals surface area contributed by atoms with Crippen molar-refractivity contribution in [2.24, 2.45) is 16.6 Å². The minimum absolute atomic E-state index is 0.140. The molecule has 3 heterocycles. The predicted octanol–water partition coefficient (Wildman–Crippen LogP) is 3.55. The van der Waals surface area contributed by atoms with E-state index in [2.05, 4.69) is 4.99 Å². The Kier molecular flexibility index (Phi) is 4.63. The summed E-state index contributed by atoms with van der Waals surface area (Å²) in [4.78, 5) is 10.8. The standard InChI is InChI=1S/C22H23F2N3O3/c1-27-21(25)26-22(30-27)11-20(14-3-2-6-28-12-14)29-19-5-4-13(9-18(19)22)15-7-16(23)10-17(24)8-15/h4-5,7-10,14,20H,2-3,6,11-12H2,1H3,(H2,25,26)/t14?,20-,22-/m0/s1. The Labute approximate surface area is 173 Å². The molecule has 1 spiro atoms. The largest absolute Gasteiger partial charge is 0.489 e. The highest BCUT2D eigenvalue weighted by Crippen LogP contribution is 2.48. The summed E-state index contributed by atoms with van der Waals surface area (Å²) >= 11 is 0. The van der Waals surface area contributed by atoms with Crippen molar-refractivity contribution in [2.45, 2.75) is 31.1 Å². The molecule has 0 aromatic heterocycles. The number of hydrogen-bond donors (Lipinski definition) is 1. The van der Waals surface area contributed by atoms with Crippen LogP contribution in [-0.2, 0) is 15.3 Å². The Bertz CT molecular complexity index is 989. The summed E-state index contributed by atoms with van der Waals surface area (Å²) in [6.07, 6.45) is 2.32. The molecule has 3 aliphatic heterocycles. The lowest BCUT2D eigenvalue weighted by Crippen LogP contribution is -2.44. The van der Waals surface area contributed by atoms with E-state index >= 15 is 0 Å². The van der Waals surface area contributed by atoms with Crippen LogP contribution in [0.4, 0.5) is 8.78 Å². The van der Waals surface area contributed by atoms with Crippen LogP contribution in [0.5, 0.6) is 5.75 Å². The van der Waals surface area contributed by atoms with E-state index in [1.165, 1.54) is 17.2 Å². The number of ether oxygens (including phenoxy) is 2. The lowest BCUT2D eigenvalue weighted by atomic mass is 9.84. The number of hydrogen-bond acceptors (Lipinski definition) is 6. The van der Waals surface area contributed by atoms with Crippen LogP contribution in [0.3, 0.4) is 0 Å². The second-order valence-electron chi connectivity index (χ2n) is 8.05. The summed E-state index contributed by atoms with van der Waals surface area (Å²) in [5.74, 6) is -0.144. The molecule has 0 saturated carbocycles. The van der Waals surface area contributed by atoms with E-state index in [1.807, 2.05) is 6.07 Å². The zero-order valence-electron chi connectivity index (χ0n) is 16.6. The quantitative estimate of drug-likeness (QED) is 0.812. The van der Waals surface area contributed by atoms with Crippen LogP contribution >= 0.6 is 0 Å². The van der Waals surface area contributed by atoms with E-state index in [-0.39, 0.29) is 18.0 Å². The molecule has 3 aliphatic rings. The lowest BCUT2D eigenvalue weighted by Gasteiger charge is -2.41. The maximum Gasteiger partial charge on any atom is 0.221 e. The van der Waals surface area contributed by atoms with Crippen molar-refractivity contribution in [1.82, 2.24) is 5.06 Å². The number of nitrogens with two attached hydrogens (primary N) is 1. The third-order valence-electron chi connectivity index (χ3n) is 5.98. The van der Waals surface area contributed by atoms with E-state index in [0.29, 0.717) is 35.5 Å². The molecule has 5 rings (SSSR count). The van der Waals surface area contributed by atoms with Crippen molar-refractivity contribution >= 4 is 5.96 Å². The average Bonchev–Trinajstić information content (AvgIpc) is 3.01. The van der Waals surface area contributed by atoms with E-state index in [0.717, 1.165) is 25.5 Å². The zero-order valence-corrected chi connectivity index (χ0v) is 16.6. The SMILES string of the molecule is CN1O[C@]2(C[C@@H](C3CCCOC3)Oc3ccc(-c4cc(F)cc(F)c4)cc32)N=C1N. The summed E-state index contributed by atoms with van der Waals surface area (Å²) < 4.78 is 39.5. The first-order valence-corrected chi connectivity index (χ1v) is 10.1. The van der Waals surface area contributed by atoms with Crippen molar-refractivity contribution in [1.29, 1.82) is 0 Å². The molecule has 1 saturated heterocycles. The molecule has 0 radical (unpaired) electrons. The first-order chi connectivity index (χ1) is 14.4. The van der Waals surface area contributed by atoms with E-state index < -0.39 is 17.4 Å². The molecule has 3 atom stereocenters. The van der Waals surface area contributed by atoms with Crippen molar-refractivity contribution < 1.29 is 23.1 Å². The Morgan fingerprint density at radius 1 is 1.13 bits per heavy atom. The summed E-state index contributed by atoms with van der Waals surface area (Å²) in [5.41, 5.74) is 6.75. The van der Waals surface area contributed by atoms with Gasteiger partial charge in [0, 0.05) is 32.1 Å². The number of fused-ring (bicyclic) bond motifs is 2. The Balaban J connectivity index is 1.58. The molecule has 0 amide bonds. The van der Waals surface area contributed by atoms with Crippen LogP contribution < -0.4 is 10.5 Å². The average molecular weight is 415 g/mol. The summed E-state index contributed by atoms with van der Waals surface area (Å²) in [6.45, 7) is 1.40. The lowest BCUT2D eigenvalue weighted by molar-refractivity contribution is -0.196. The van der Waals surface area contributed by atoms with E-state index in [4.69, 9.17) is 20.0 Å². The monoisotopic (exact) mass is 415 g/mol. The van der Waals surface area contributed by atoms with E-state index in [9.17, 15) is 8.78 Å². The van der Waals surface area contributed by atoms with Crippen LogP contribution in [0.15, 0.2) is 41.4 Å². The fraction of sp³-hybridized carbons (Fsp3) is 0.409. The van der Waals surface area contributed by atoms with Gasteiger partial charge < -0.3 is 15.2 Å². The Morgan fingerprint density at radius 3 is 2.60 bits per heavy atom. The minimum Gasteiger partial charge on any atom is -0.489 e. The third kappa shape index (κ3) is 3.30. The van der Waals surface area contributed by atoms with Crippen LogP contribution in [0.2, 0.25) is 0 Å². The first-order valence-electron chi connectivity index (χ1n) is 10.1. The highest BCUT2D eigenvalue weighted by atomic mass is 19.1. The van der Waals surface area contributed by atoms with Gasteiger partial charge in [0.05, 0.1) is 12.2 Å². The number of halogens is 2. The molecule has 1 unspecified atom stereocenters. The van der Waals surface area contributed by atoms with Crippen LogP contribution in [0, 0.1) is 17.6 Å². The molecule has 2 aromatic carbocycles. The molecule has 0 aliphatic carbocycles. The highest BCUT2D eigenvalue weighted by molar-refractivity contribution is 5.79. The van der Waals surface area contributed by atoms with Gasteiger partial charge in [-0.3, -0.25) is 0 Å². The highest BCUT2D eigenvalue weighted by Gasteiger charge is 2.50. The first kappa shape index (κ1) is 19.3. The molecule has 2 N–H and O–H groups in total. The number of hydroxylamine groups is 2. The second-order valence-corrected chi connectivity index (χ2v) is 8.05. The molecular weight excluding hydrogens is 392 g/mol. The summed E-state index contributed by atoms with van der Waals surface area (Å²) in [6, 6.07) is 8.84. The molecule has 6 nitrogen and oxygen atoms in total. The second kappa shape index (κ2) is 7.21. The minimum atomic E-state index is -1.05. The van der Waals surface area contributed by atoms with Crippen LogP contribution in [-0.4, -0.2) is 37.4 Å². The predicted molar refractivity (Wildman–Crippen MR) is 107 cm³/mol. The van der Waals surface area contributed by atoms with Gasteiger partial charge in [0.15, 0.2) is 0 Å². The van der Waals surface area contributed by atoms with Crippen molar-refractivity contribution in [3.63, 3.8) is 0 Å². The van der Waals surface area contributed by atoms with Gasteiger partial charge in [-0.2, -0.15) is 0 Å². The van der Waals surface area contributed by atoms with Gasteiger partial charge in [-0.1, -0.05) is 6.07 Å². The molecular formula is C22H23F2N3O3. The number of rotatable bonds is 2. The van der Waals surface area contributed by atoms with Gasteiger partial charge >= 0.3 is 0 Å². The number of guanidine groups is 1. The van der Waals surface area contributed by atoms with Gasteiger partial charge in [0.25, 0.3) is 0 Å². The molecule has 1 fully saturated rings. The van der Waals surface area contributed by atoms with Gasteiger partial charge in [0.1, 0.15) is 23.5 Å². The Morgan fingerprint density at radius 2 is 1.93 bits per heavy atom. The maximum absolute atomic E-state index is 13.8. The topological polar surface area (TPSA) is 69.3 Å². The number of nitrogens with zero attached hydrogens (tertiary/aromatic N) is 2. The van der Waals surface area contributed by atoms with Crippen molar-refractivity contribution in [2.75, 3.05) is 20.3 Å².